The van der Waals surface area contributed by atoms with Gasteiger partial charge in [-0.25, -0.2) is 9.97 Å². The van der Waals surface area contributed by atoms with Gasteiger partial charge in [0, 0.05) is 5.02 Å². The van der Waals surface area contributed by atoms with Gasteiger partial charge in [-0.05, 0) is 55.0 Å². The first-order valence-corrected chi connectivity index (χ1v) is 12.8. The lowest BCUT2D eigenvalue weighted by Gasteiger charge is -2.14. The van der Waals surface area contributed by atoms with E-state index < -0.39 is 0 Å². The predicted octanol–water partition coefficient (Wildman–Crippen LogP) is 5.70. The van der Waals surface area contributed by atoms with Crippen molar-refractivity contribution in [3.63, 3.8) is 0 Å². The number of anilines is 1. The van der Waals surface area contributed by atoms with Crippen molar-refractivity contribution >= 4 is 66.9 Å². The van der Waals surface area contributed by atoms with Gasteiger partial charge in [0.2, 0.25) is 5.91 Å². The number of aryl methyl sites for hydroxylation is 1. The molecule has 0 aliphatic carbocycles. The summed E-state index contributed by atoms with van der Waals surface area (Å²) >= 11 is 8.88. The molecule has 176 valence electrons. The number of methoxy groups -OCH3 is 1. The topological polar surface area (TPSA) is 86.1 Å². The first kappa shape index (κ1) is 23.3. The number of nitrogens with one attached hydrogen (secondary N) is 1. The Morgan fingerprint density at radius 3 is 2.74 bits per heavy atom. The van der Waals surface area contributed by atoms with Crippen LogP contribution in [-0.4, -0.2) is 33.3 Å². The second-order valence-corrected chi connectivity index (χ2v) is 10.1. The van der Waals surface area contributed by atoms with E-state index in [4.69, 9.17) is 16.3 Å². The van der Waals surface area contributed by atoms with E-state index in [1.165, 1.54) is 27.7 Å². The number of halogens is 1. The Kier molecular flexibility index (Phi) is 6.46. The van der Waals surface area contributed by atoms with Crippen LogP contribution in [0.5, 0.6) is 5.75 Å². The van der Waals surface area contributed by atoms with Gasteiger partial charge in [-0.3, -0.25) is 14.2 Å². The van der Waals surface area contributed by atoms with Crippen LogP contribution in [0.15, 0.2) is 70.6 Å². The van der Waals surface area contributed by atoms with Crippen molar-refractivity contribution in [2.45, 2.75) is 12.1 Å². The van der Waals surface area contributed by atoms with Gasteiger partial charge in [0.15, 0.2) is 10.3 Å². The number of carbonyl (C=O) groups is 1. The summed E-state index contributed by atoms with van der Waals surface area (Å²) in [6, 6.07) is 18.1. The highest BCUT2D eigenvalue weighted by Crippen LogP contribution is 2.30. The third kappa shape index (κ3) is 4.75. The Labute approximate surface area is 213 Å². The van der Waals surface area contributed by atoms with E-state index in [0.29, 0.717) is 31.9 Å². The molecule has 0 spiro atoms. The number of rotatable bonds is 6. The summed E-state index contributed by atoms with van der Waals surface area (Å²) in [6.07, 6.45) is 0. The lowest BCUT2D eigenvalue weighted by atomic mass is 10.2. The summed E-state index contributed by atoms with van der Waals surface area (Å²) in [5, 5.41) is 4.77. The van der Waals surface area contributed by atoms with Crippen LogP contribution in [0, 0.1) is 6.92 Å². The Hall–Kier alpha value is -3.40. The highest BCUT2D eigenvalue weighted by Gasteiger charge is 2.16. The summed E-state index contributed by atoms with van der Waals surface area (Å²) < 4.78 is 7.65. The fourth-order valence-electron chi connectivity index (χ4n) is 3.53. The number of aromatic nitrogens is 3. The summed E-state index contributed by atoms with van der Waals surface area (Å²) in [5.74, 6) is 0.520. The summed E-state index contributed by atoms with van der Waals surface area (Å²) in [6.45, 7) is 1.89. The van der Waals surface area contributed by atoms with Crippen LogP contribution in [0.4, 0.5) is 5.13 Å². The molecule has 1 amide bonds. The van der Waals surface area contributed by atoms with Gasteiger partial charge in [-0.1, -0.05) is 52.9 Å². The Morgan fingerprint density at radius 1 is 1.11 bits per heavy atom. The zero-order valence-electron chi connectivity index (χ0n) is 18.7. The van der Waals surface area contributed by atoms with Crippen molar-refractivity contribution in [1.29, 1.82) is 0 Å². The fourth-order valence-corrected chi connectivity index (χ4v) is 5.43. The summed E-state index contributed by atoms with van der Waals surface area (Å²) in [5.41, 5.74) is 2.61. The smallest absolute Gasteiger partial charge is 0.266 e. The van der Waals surface area contributed by atoms with Crippen molar-refractivity contribution in [3.05, 3.63) is 81.6 Å². The minimum atomic E-state index is -0.253. The fraction of sp³-hybridized carbons (Fsp3) is 0.120. The molecule has 10 heteroatoms. The number of thioether (sulfide) groups is 1. The number of hydrogen-bond acceptors (Lipinski definition) is 7. The summed E-state index contributed by atoms with van der Waals surface area (Å²) in [7, 11) is 1.60. The van der Waals surface area contributed by atoms with Crippen LogP contribution >= 0.6 is 34.7 Å². The van der Waals surface area contributed by atoms with Crippen LogP contribution in [0.2, 0.25) is 5.02 Å². The molecule has 0 unspecified atom stereocenters. The van der Waals surface area contributed by atoms with Gasteiger partial charge >= 0.3 is 0 Å². The molecule has 2 aromatic heterocycles. The number of benzene rings is 3. The van der Waals surface area contributed by atoms with Crippen LogP contribution in [0.1, 0.15) is 5.56 Å². The molecule has 0 saturated heterocycles. The van der Waals surface area contributed by atoms with E-state index in [2.05, 4.69) is 15.3 Å². The number of amides is 1. The zero-order valence-corrected chi connectivity index (χ0v) is 21.1. The Morgan fingerprint density at radius 2 is 1.94 bits per heavy atom. The highest BCUT2D eigenvalue weighted by atomic mass is 35.5. The van der Waals surface area contributed by atoms with Crippen molar-refractivity contribution in [2.75, 3.05) is 18.2 Å². The molecule has 0 aliphatic rings. The molecular weight excluding hydrogens is 504 g/mol. The van der Waals surface area contributed by atoms with Crippen LogP contribution in [0.25, 0.3) is 26.8 Å². The van der Waals surface area contributed by atoms with Crippen molar-refractivity contribution in [2.24, 2.45) is 0 Å². The van der Waals surface area contributed by atoms with Gasteiger partial charge in [0.05, 0.1) is 39.7 Å². The molecule has 0 bridgehead atoms. The van der Waals surface area contributed by atoms with E-state index >= 15 is 0 Å². The van der Waals surface area contributed by atoms with Gasteiger partial charge < -0.3 is 10.1 Å². The molecule has 7 nitrogen and oxygen atoms in total. The third-order valence-corrected chi connectivity index (χ3v) is 7.61. The molecule has 0 atom stereocenters. The average Bonchev–Trinajstić information content (AvgIpc) is 3.26. The quantitative estimate of drug-likeness (QED) is 0.227. The normalized spacial score (nSPS) is 11.2. The SMILES string of the molecule is COc1ccc2nc(NC(=O)CSc3nc4ccccc4c(=O)n3-c3ccc(C)c(Cl)c3)sc2c1. The molecule has 5 rings (SSSR count). The number of fused-ring (bicyclic) bond motifs is 2. The lowest BCUT2D eigenvalue weighted by molar-refractivity contribution is -0.113. The molecule has 0 fully saturated rings. The minimum Gasteiger partial charge on any atom is -0.497 e. The Bertz CT molecular complexity index is 1650. The Balaban J connectivity index is 1.43. The highest BCUT2D eigenvalue weighted by molar-refractivity contribution is 7.99. The molecule has 2 heterocycles. The number of hydrogen-bond donors (Lipinski definition) is 1. The average molecular weight is 523 g/mol. The van der Waals surface area contributed by atoms with Gasteiger partial charge in [-0.15, -0.1) is 0 Å². The maximum atomic E-state index is 13.4. The van der Waals surface area contributed by atoms with Crippen LogP contribution in [0.3, 0.4) is 0 Å². The standard InChI is InChI=1S/C25H19ClN4O3S2/c1-14-7-8-15(11-18(14)26)30-23(32)17-5-3-4-6-19(17)28-25(30)34-13-22(31)29-24-27-20-10-9-16(33-2)12-21(20)35-24/h3-12H,13H2,1-2H3,(H,27,29,31). The molecule has 5 aromatic rings. The first-order chi connectivity index (χ1) is 16.9. The van der Waals surface area contributed by atoms with Gasteiger partial charge in [0.25, 0.3) is 5.56 Å². The maximum absolute atomic E-state index is 13.4. The number of carbonyl (C=O) groups excluding carboxylic acids is 1. The lowest BCUT2D eigenvalue weighted by Crippen LogP contribution is -2.23. The third-order valence-electron chi connectivity index (χ3n) is 5.33. The predicted molar refractivity (Wildman–Crippen MR) is 143 cm³/mol. The maximum Gasteiger partial charge on any atom is 0.266 e. The van der Waals surface area contributed by atoms with Crippen molar-refractivity contribution < 1.29 is 9.53 Å². The molecule has 0 saturated carbocycles. The van der Waals surface area contributed by atoms with E-state index in [9.17, 15) is 9.59 Å². The van der Waals surface area contributed by atoms with Crippen LogP contribution in [-0.2, 0) is 4.79 Å². The second kappa shape index (κ2) is 9.69. The van der Waals surface area contributed by atoms with E-state index in [1.807, 2.05) is 43.3 Å². The monoisotopic (exact) mass is 522 g/mol. The molecular formula is C25H19ClN4O3S2. The van der Waals surface area contributed by atoms with E-state index in [1.54, 1.807) is 31.4 Å². The molecule has 0 aliphatic heterocycles. The summed E-state index contributed by atoms with van der Waals surface area (Å²) in [4.78, 5) is 35.3. The zero-order chi connectivity index (χ0) is 24.5. The first-order valence-electron chi connectivity index (χ1n) is 10.6. The van der Waals surface area contributed by atoms with Gasteiger partial charge in [-0.2, -0.15) is 0 Å². The molecule has 1 N–H and O–H groups in total. The van der Waals surface area contributed by atoms with Crippen molar-refractivity contribution in [3.8, 4) is 11.4 Å². The number of nitrogens with zero attached hydrogens (tertiary/aromatic N) is 3. The van der Waals surface area contributed by atoms with Crippen molar-refractivity contribution in [1.82, 2.24) is 14.5 Å². The molecule has 0 radical (unpaired) electrons. The number of ether oxygens (including phenoxy) is 1. The van der Waals surface area contributed by atoms with E-state index in [0.717, 1.165) is 21.5 Å². The largest absolute Gasteiger partial charge is 0.497 e. The number of para-hydroxylation sites is 1. The number of thiazole rings is 1. The van der Waals surface area contributed by atoms with Crippen LogP contribution < -0.4 is 15.6 Å². The second-order valence-electron chi connectivity index (χ2n) is 7.68. The molecule has 35 heavy (non-hydrogen) atoms. The van der Waals surface area contributed by atoms with E-state index in [-0.39, 0.29) is 17.2 Å². The minimum absolute atomic E-state index is 0.0453. The molecule has 3 aromatic carbocycles. The van der Waals surface area contributed by atoms with Gasteiger partial charge in [0.1, 0.15) is 5.75 Å².